The predicted molar refractivity (Wildman–Crippen MR) is 90.0 cm³/mol. The van der Waals surface area contributed by atoms with Crippen LogP contribution in [0.3, 0.4) is 0 Å². The highest BCUT2D eigenvalue weighted by Gasteiger charge is 2.42. The molecular formula is C18H23FN4O. The molecule has 0 radical (unpaired) electrons. The summed E-state index contributed by atoms with van der Waals surface area (Å²) >= 11 is 0. The molecule has 0 saturated carbocycles. The van der Waals surface area contributed by atoms with Crippen molar-refractivity contribution in [2.75, 3.05) is 32.8 Å². The molecule has 0 aromatic heterocycles. The first kappa shape index (κ1) is 16.7. The molecule has 0 bridgehead atoms. The lowest BCUT2D eigenvalue weighted by atomic mass is 9.87. The summed E-state index contributed by atoms with van der Waals surface area (Å²) < 4.78 is 19.6. The van der Waals surface area contributed by atoms with Crippen LogP contribution in [0.4, 0.5) is 4.39 Å². The highest BCUT2D eigenvalue weighted by Crippen LogP contribution is 2.38. The highest BCUT2D eigenvalue weighted by atomic mass is 19.1. The minimum atomic E-state index is -0.379. The van der Waals surface area contributed by atoms with Crippen LogP contribution in [0.25, 0.3) is 0 Å². The lowest BCUT2D eigenvalue weighted by Gasteiger charge is -2.25. The lowest BCUT2D eigenvalue weighted by molar-refractivity contribution is 0.156. The Balaban J connectivity index is 1.71. The maximum Gasteiger partial charge on any atom is 0.194 e. The standard InChI is InChI=1S/C18H23FN4O/c1-2-21-17(23-7-5-18(12-23)6-8-24-13-18)22-11-15-4-3-14(10-20)9-16(15)19/h3-4,9H,2,5-8,11-13H2,1H3,(H,21,22). The van der Waals surface area contributed by atoms with Crippen molar-refractivity contribution in [2.24, 2.45) is 10.4 Å². The Morgan fingerprint density at radius 1 is 1.50 bits per heavy atom. The average Bonchev–Trinajstić information content (AvgIpc) is 3.22. The second-order valence-corrected chi connectivity index (χ2v) is 6.56. The summed E-state index contributed by atoms with van der Waals surface area (Å²) in [5, 5.41) is 12.1. The molecule has 2 heterocycles. The van der Waals surface area contributed by atoms with E-state index in [0.29, 0.717) is 11.1 Å². The summed E-state index contributed by atoms with van der Waals surface area (Å²) in [5.41, 5.74) is 1.09. The van der Waals surface area contributed by atoms with Crippen LogP contribution < -0.4 is 5.32 Å². The number of ether oxygens (including phenoxy) is 1. The first-order valence-electron chi connectivity index (χ1n) is 8.45. The molecular weight excluding hydrogens is 307 g/mol. The SMILES string of the molecule is CCNC(=NCc1ccc(C#N)cc1F)N1CCC2(CCOC2)C1. The molecule has 1 unspecified atom stereocenters. The van der Waals surface area contributed by atoms with E-state index in [-0.39, 0.29) is 17.8 Å². The van der Waals surface area contributed by atoms with Crippen molar-refractivity contribution in [1.82, 2.24) is 10.2 Å². The average molecular weight is 330 g/mol. The van der Waals surface area contributed by atoms with Crippen molar-refractivity contribution in [3.63, 3.8) is 0 Å². The van der Waals surface area contributed by atoms with Gasteiger partial charge in [0.25, 0.3) is 0 Å². The zero-order valence-electron chi connectivity index (χ0n) is 14.0. The maximum absolute atomic E-state index is 14.0. The molecule has 2 fully saturated rings. The van der Waals surface area contributed by atoms with E-state index in [4.69, 9.17) is 10.00 Å². The molecule has 2 aliphatic rings. The lowest BCUT2D eigenvalue weighted by Crippen LogP contribution is -2.41. The van der Waals surface area contributed by atoms with E-state index in [1.165, 1.54) is 6.07 Å². The number of rotatable bonds is 3. The molecule has 2 aliphatic heterocycles. The Morgan fingerprint density at radius 3 is 3.04 bits per heavy atom. The van der Waals surface area contributed by atoms with Gasteiger partial charge in [-0.05, 0) is 31.9 Å². The van der Waals surface area contributed by atoms with Crippen LogP contribution >= 0.6 is 0 Å². The minimum absolute atomic E-state index is 0.260. The number of nitrogens with zero attached hydrogens (tertiary/aromatic N) is 3. The molecule has 2 saturated heterocycles. The van der Waals surface area contributed by atoms with Crippen molar-refractivity contribution in [2.45, 2.75) is 26.3 Å². The van der Waals surface area contributed by atoms with Gasteiger partial charge >= 0.3 is 0 Å². The number of nitrogens with one attached hydrogen (secondary N) is 1. The molecule has 5 nitrogen and oxygen atoms in total. The van der Waals surface area contributed by atoms with Gasteiger partial charge in [0.1, 0.15) is 5.82 Å². The van der Waals surface area contributed by atoms with Crippen LogP contribution in [0.5, 0.6) is 0 Å². The number of halogens is 1. The van der Waals surface area contributed by atoms with E-state index < -0.39 is 0 Å². The molecule has 128 valence electrons. The Kier molecular flexibility index (Phi) is 5.00. The van der Waals surface area contributed by atoms with Gasteiger partial charge in [-0.1, -0.05) is 6.07 Å². The third-order valence-electron chi connectivity index (χ3n) is 4.84. The van der Waals surface area contributed by atoms with Gasteiger partial charge in [0.2, 0.25) is 0 Å². The first-order valence-corrected chi connectivity index (χ1v) is 8.45. The van der Waals surface area contributed by atoms with E-state index in [0.717, 1.165) is 51.6 Å². The Bertz CT molecular complexity index is 661. The van der Waals surface area contributed by atoms with E-state index >= 15 is 0 Å². The second kappa shape index (κ2) is 7.18. The molecule has 1 aromatic rings. The van der Waals surface area contributed by atoms with E-state index in [2.05, 4.69) is 15.2 Å². The van der Waals surface area contributed by atoms with Crippen molar-refractivity contribution in [1.29, 1.82) is 5.26 Å². The second-order valence-electron chi connectivity index (χ2n) is 6.56. The number of likely N-dealkylation sites (tertiary alicyclic amines) is 1. The number of aliphatic imine (C=N–C) groups is 1. The third-order valence-corrected chi connectivity index (χ3v) is 4.84. The fourth-order valence-electron chi connectivity index (χ4n) is 3.42. The summed E-state index contributed by atoms with van der Waals surface area (Å²) in [4.78, 5) is 6.85. The molecule has 3 rings (SSSR count). The van der Waals surface area contributed by atoms with Crippen LogP contribution in [-0.2, 0) is 11.3 Å². The van der Waals surface area contributed by atoms with Gasteiger partial charge in [0.05, 0.1) is 24.8 Å². The minimum Gasteiger partial charge on any atom is -0.381 e. The summed E-state index contributed by atoms with van der Waals surface area (Å²) in [6.45, 7) is 6.63. The summed E-state index contributed by atoms with van der Waals surface area (Å²) in [7, 11) is 0. The van der Waals surface area contributed by atoms with E-state index in [1.54, 1.807) is 12.1 Å². The van der Waals surface area contributed by atoms with Gasteiger partial charge < -0.3 is 15.0 Å². The number of guanidine groups is 1. The summed E-state index contributed by atoms with van der Waals surface area (Å²) in [6, 6.07) is 6.47. The maximum atomic E-state index is 14.0. The number of hydrogen-bond donors (Lipinski definition) is 1. The number of nitriles is 1. The number of hydrogen-bond acceptors (Lipinski definition) is 3. The van der Waals surface area contributed by atoms with Gasteiger partial charge in [-0.15, -0.1) is 0 Å². The zero-order valence-corrected chi connectivity index (χ0v) is 14.0. The molecule has 1 N–H and O–H groups in total. The van der Waals surface area contributed by atoms with Crippen LogP contribution in [0.2, 0.25) is 0 Å². The molecule has 0 amide bonds. The molecule has 24 heavy (non-hydrogen) atoms. The molecule has 1 aromatic carbocycles. The normalized spacial score (nSPS) is 23.7. The van der Waals surface area contributed by atoms with Crippen molar-refractivity contribution in [3.05, 3.63) is 35.1 Å². The van der Waals surface area contributed by atoms with Crippen molar-refractivity contribution >= 4 is 5.96 Å². The molecule has 0 aliphatic carbocycles. The van der Waals surface area contributed by atoms with E-state index in [1.807, 2.05) is 13.0 Å². The highest BCUT2D eigenvalue weighted by molar-refractivity contribution is 5.80. The topological polar surface area (TPSA) is 60.7 Å². The summed E-state index contributed by atoms with van der Waals surface area (Å²) in [5.74, 6) is 0.445. The summed E-state index contributed by atoms with van der Waals surface area (Å²) in [6.07, 6.45) is 2.22. The Morgan fingerprint density at radius 2 is 2.38 bits per heavy atom. The monoisotopic (exact) mass is 330 g/mol. The number of benzene rings is 1. The van der Waals surface area contributed by atoms with Gasteiger partial charge in [0, 0.05) is 37.2 Å². The molecule has 1 spiro atoms. The van der Waals surface area contributed by atoms with Gasteiger partial charge in [-0.25, -0.2) is 9.38 Å². The predicted octanol–water partition coefficient (Wildman–Crippen LogP) is 2.28. The van der Waals surface area contributed by atoms with Crippen LogP contribution in [0.15, 0.2) is 23.2 Å². The first-order chi connectivity index (χ1) is 11.7. The van der Waals surface area contributed by atoms with Crippen LogP contribution in [-0.4, -0.2) is 43.7 Å². The van der Waals surface area contributed by atoms with Gasteiger partial charge in [0.15, 0.2) is 5.96 Å². The van der Waals surface area contributed by atoms with Gasteiger partial charge in [-0.2, -0.15) is 5.26 Å². The van der Waals surface area contributed by atoms with Crippen LogP contribution in [0, 0.1) is 22.6 Å². The third kappa shape index (κ3) is 3.51. The fraction of sp³-hybridized carbons (Fsp3) is 0.556. The smallest absolute Gasteiger partial charge is 0.194 e. The quantitative estimate of drug-likeness (QED) is 0.682. The van der Waals surface area contributed by atoms with Crippen LogP contribution in [0.1, 0.15) is 30.9 Å². The largest absolute Gasteiger partial charge is 0.381 e. The molecule has 1 atom stereocenters. The van der Waals surface area contributed by atoms with Crippen molar-refractivity contribution in [3.8, 4) is 6.07 Å². The fourth-order valence-corrected chi connectivity index (χ4v) is 3.42. The Labute approximate surface area is 142 Å². The zero-order chi connectivity index (χ0) is 17.0. The Hall–Kier alpha value is -2.13. The van der Waals surface area contributed by atoms with E-state index in [9.17, 15) is 4.39 Å². The van der Waals surface area contributed by atoms with Gasteiger partial charge in [-0.3, -0.25) is 0 Å². The van der Waals surface area contributed by atoms with Crippen molar-refractivity contribution < 1.29 is 9.13 Å². The molecule has 6 heteroatoms.